The predicted octanol–water partition coefficient (Wildman–Crippen LogP) is 0.922. The Labute approximate surface area is 150 Å². The summed E-state index contributed by atoms with van der Waals surface area (Å²) in [4.78, 5) is 29.3. The molecule has 0 atom stereocenters. The monoisotopic (exact) mass is 347 g/mol. The lowest BCUT2D eigenvalue weighted by atomic mass is 10.2. The van der Waals surface area contributed by atoms with Crippen molar-refractivity contribution in [2.24, 2.45) is 7.05 Å². The third-order valence-corrected chi connectivity index (χ3v) is 4.62. The lowest BCUT2D eigenvalue weighted by Crippen LogP contribution is -2.46. The van der Waals surface area contributed by atoms with Crippen molar-refractivity contribution in [3.05, 3.63) is 53.0 Å². The molecule has 130 valence electrons. The Hall–Kier alpha value is -3.47. The van der Waals surface area contributed by atoms with Crippen molar-refractivity contribution in [3.63, 3.8) is 0 Å². The van der Waals surface area contributed by atoms with Gasteiger partial charge in [0.2, 0.25) is 0 Å². The van der Waals surface area contributed by atoms with Crippen LogP contribution in [0.1, 0.15) is 5.69 Å². The van der Waals surface area contributed by atoms with Gasteiger partial charge in [-0.15, -0.1) is 0 Å². The van der Waals surface area contributed by atoms with Crippen molar-refractivity contribution in [2.75, 3.05) is 36.0 Å². The fourth-order valence-electron chi connectivity index (χ4n) is 3.13. The molecule has 0 amide bonds. The highest BCUT2D eigenvalue weighted by atomic mass is 16.1. The number of fused-ring (bicyclic) bond motifs is 1. The first kappa shape index (κ1) is 16.0. The van der Waals surface area contributed by atoms with E-state index in [2.05, 4.69) is 24.8 Å². The van der Waals surface area contributed by atoms with Crippen LogP contribution in [0.2, 0.25) is 0 Å². The molecule has 4 rings (SSSR count). The number of rotatable bonds is 2. The Bertz CT molecular complexity index is 1040. The van der Waals surface area contributed by atoms with Gasteiger partial charge in [0.1, 0.15) is 11.9 Å². The number of aromatic nitrogens is 4. The van der Waals surface area contributed by atoms with Gasteiger partial charge in [0, 0.05) is 38.9 Å². The molecule has 1 aliphatic rings. The molecule has 0 spiro atoms. The van der Waals surface area contributed by atoms with Crippen molar-refractivity contribution in [1.82, 2.24) is 19.5 Å². The van der Waals surface area contributed by atoms with Crippen LogP contribution in [0, 0.1) is 11.3 Å². The minimum absolute atomic E-state index is 0.0363. The molecule has 1 fully saturated rings. The van der Waals surface area contributed by atoms with E-state index in [-0.39, 0.29) is 5.56 Å². The Morgan fingerprint density at radius 3 is 2.50 bits per heavy atom. The third-order valence-electron chi connectivity index (χ3n) is 4.62. The summed E-state index contributed by atoms with van der Waals surface area (Å²) < 4.78 is 1.49. The first-order valence-corrected chi connectivity index (χ1v) is 8.33. The van der Waals surface area contributed by atoms with Crippen LogP contribution in [0.4, 0.5) is 11.5 Å². The van der Waals surface area contributed by atoms with E-state index < -0.39 is 0 Å². The van der Waals surface area contributed by atoms with Crippen molar-refractivity contribution in [3.8, 4) is 6.07 Å². The summed E-state index contributed by atoms with van der Waals surface area (Å²) in [6, 6.07) is 7.76. The summed E-state index contributed by atoms with van der Waals surface area (Å²) in [5.74, 6) is 0.785. The zero-order valence-corrected chi connectivity index (χ0v) is 14.3. The van der Waals surface area contributed by atoms with Crippen LogP contribution in [0.15, 0.2) is 41.7 Å². The van der Waals surface area contributed by atoms with Gasteiger partial charge in [-0.05, 0) is 18.2 Å². The molecule has 1 aliphatic heterocycles. The van der Waals surface area contributed by atoms with Gasteiger partial charge in [-0.25, -0.2) is 15.0 Å². The zero-order valence-electron chi connectivity index (χ0n) is 14.3. The van der Waals surface area contributed by atoms with Crippen LogP contribution in [0.25, 0.3) is 10.9 Å². The van der Waals surface area contributed by atoms with Gasteiger partial charge >= 0.3 is 0 Å². The average Bonchev–Trinajstić information content (AvgIpc) is 2.71. The molecule has 3 aromatic rings. The van der Waals surface area contributed by atoms with Crippen molar-refractivity contribution in [1.29, 1.82) is 5.26 Å². The number of aryl methyl sites for hydroxylation is 1. The van der Waals surface area contributed by atoms with Crippen molar-refractivity contribution >= 4 is 22.4 Å². The maximum absolute atomic E-state index is 12.1. The summed E-state index contributed by atoms with van der Waals surface area (Å²) in [6.45, 7) is 3.28. The second-order valence-corrected chi connectivity index (χ2v) is 6.21. The van der Waals surface area contributed by atoms with Crippen LogP contribution in [0.3, 0.4) is 0 Å². The molecule has 26 heavy (non-hydrogen) atoms. The lowest BCUT2D eigenvalue weighted by molar-refractivity contribution is 0.646. The molecule has 0 aliphatic carbocycles. The normalized spacial score (nSPS) is 14.5. The van der Waals surface area contributed by atoms with Gasteiger partial charge in [0.25, 0.3) is 5.56 Å². The molecule has 8 heteroatoms. The molecule has 0 bridgehead atoms. The number of hydrogen-bond donors (Lipinski definition) is 0. The van der Waals surface area contributed by atoms with Crippen LogP contribution in [0.5, 0.6) is 0 Å². The molecule has 8 nitrogen and oxygen atoms in total. The third kappa shape index (κ3) is 2.84. The van der Waals surface area contributed by atoms with Gasteiger partial charge in [0.05, 0.1) is 29.6 Å². The van der Waals surface area contributed by atoms with Crippen LogP contribution >= 0.6 is 0 Å². The zero-order chi connectivity index (χ0) is 18.1. The Balaban J connectivity index is 1.51. The summed E-state index contributed by atoms with van der Waals surface area (Å²) in [6.07, 6.45) is 4.69. The highest BCUT2D eigenvalue weighted by Gasteiger charge is 2.19. The van der Waals surface area contributed by atoms with Crippen LogP contribution < -0.4 is 15.4 Å². The van der Waals surface area contributed by atoms with E-state index in [4.69, 9.17) is 5.26 Å². The summed E-state index contributed by atoms with van der Waals surface area (Å²) in [5, 5.41) is 9.44. The Morgan fingerprint density at radius 1 is 1.04 bits per heavy atom. The minimum Gasteiger partial charge on any atom is -0.368 e. The lowest BCUT2D eigenvalue weighted by Gasteiger charge is -2.36. The van der Waals surface area contributed by atoms with E-state index in [1.54, 1.807) is 19.6 Å². The smallest absolute Gasteiger partial charge is 0.260 e. The van der Waals surface area contributed by atoms with Gasteiger partial charge < -0.3 is 14.4 Å². The number of anilines is 2. The molecule has 0 radical (unpaired) electrons. The van der Waals surface area contributed by atoms with Gasteiger partial charge in [0.15, 0.2) is 5.69 Å². The number of hydrogen-bond acceptors (Lipinski definition) is 7. The largest absolute Gasteiger partial charge is 0.368 e. The maximum atomic E-state index is 12.1. The second kappa shape index (κ2) is 6.44. The number of benzene rings is 1. The molecule has 2 aromatic heterocycles. The van der Waals surface area contributed by atoms with Gasteiger partial charge in [-0.1, -0.05) is 0 Å². The Morgan fingerprint density at radius 2 is 1.81 bits per heavy atom. The SMILES string of the molecule is Cn1cnc2cc(N3CCN(c4cnc(C#N)cn4)CC3)ccc2c1=O. The predicted molar refractivity (Wildman–Crippen MR) is 98.2 cm³/mol. The topological polar surface area (TPSA) is 90.9 Å². The first-order chi connectivity index (χ1) is 12.7. The van der Waals surface area contributed by atoms with Crippen LogP contribution in [-0.2, 0) is 7.05 Å². The minimum atomic E-state index is -0.0363. The average molecular weight is 347 g/mol. The summed E-state index contributed by atoms with van der Waals surface area (Å²) in [5.41, 5.74) is 2.06. The molecule has 3 heterocycles. The molecular formula is C18H17N7O. The fourth-order valence-corrected chi connectivity index (χ4v) is 3.13. The molecule has 1 aromatic carbocycles. The summed E-state index contributed by atoms with van der Waals surface area (Å²) >= 11 is 0. The quantitative estimate of drug-likeness (QED) is 0.681. The molecule has 1 saturated heterocycles. The molecule has 0 saturated carbocycles. The highest BCUT2D eigenvalue weighted by Crippen LogP contribution is 2.21. The van der Waals surface area contributed by atoms with E-state index >= 15 is 0 Å². The molecule has 0 unspecified atom stereocenters. The fraction of sp³-hybridized carbons (Fsp3) is 0.278. The molecular weight excluding hydrogens is 330 g/mol. The maximum Gasteiger partial charge on any atom is 0.260 e. The van der Waals surface area contributed by atoms with E-state index in [0.717, 1.165) is 37.7 Å². The van der Waals surface area contributed by atoms with Crippen LogP contribution in [-0.4, -0.2) is 45.7 Å². The Kier molecular flexibility index (Phi) is 3.97. The second-order valence-electron chi connectivity index (χ2n) is 6.21. The standard InChI is InChI=1S/C18H17N7O/c1-23-12-22-16-8-14(2-3-15(16)18(23)26)24-4-6-25(7-5-24)17-11-20-13(9-19)10-21-17/h2-3,8,10-12H,4-7H2,1H3. The van der Waals surface area contributed by atoms with E-state index in [1.165, 1.54) is 10.8 Å². The molecule has 0 N–H and O–H groups in total. The van der Waals surface area contributed by atoms with Crippen molar-refractivity contribution in [2.45, 2.75) is 0 Å². The number of piperazine rings is 1. The number of nitrogens with zero attached hydrogens (tertiary/aromatic N) is 7. The van der Waals surface area contributed by atoms with E-state index in [1.807, 2.05) is 24.3 Å². The van der Waals surface area contributed by atoms with E-state index in [9.17, 15) is 4.79 Å². The van der Waals surface area contributed by atoms with Crippen molar-refractivity contribution < 1.29 is 0 Å². The summed E-state index contributed by atoms with van der Waals surface area (Å²) in [7, 11) is 1.70. The highest BCUT2D eigenvalue weighted by molar-refractivity contribution is 5.81. The van der Waals surface area contributed by atoms with Gasteiger partial charge in [-0.3, -0.25) is 4.79 Å². The van der Waals surface area contributed by atoms with Gasteiger partial charge in [-0.2, -0.15) is 5.26 Å². The van der Waals surface area contributed by atoms with E-state index in [0.29, 0.717) is 16.6 Å². The number of nitriles is 1. The first-order valence-electron chi connectivity index (χ1n) is 8.33.